The van der Waals surface area contributed by atoms with Crippen molar-refractivity contribution in [3.05, 3.63) is 82.6 Å². The Morgan fingerprint density at radius 2 is 1.83 bits per heavy atom. The molecule has 0 bridgehead atoms. The number of para-hydroxylation sites is 1. The van der Waals surface area contributed by atoms with Crippen LogP contribution >= 0.6 is 11.6 Å². The van der Waals surface area contributed by atoms with Gasteiger partial charge in [-0.25, -0.2) is 9.48 Å². The number of hydrogen-bond donors (Lipinski definition) is 1. The predicted octanol–water partition coefficient (Wildman–Crippen LogP) is 3.88. The Hall–Kier alpha value is -3.12. The summed E-state index contributed by atoms with van der Waals surface area (Å²) in [5.74, 6) is -0.585. The molecule has 29 heavy (non-hydrogen) atoms. The van der Waals surface area contributed by atoms with E-state index in [4.69, 9.17) is 16.3 Å². The third kappa shape index (κ3) is 4.66. The number of nitrogens with zero attached hydrogens (tertiary/aromatic N) is 2. The van der Waals surface area contributed by atoms with Gasteiger partial charge in [0.15, 0.2) is 12.3 Å². The fraction of sp³-hybridized carbons (Fsp3) is 0.227. The molecule has 0 radical (unpaired) electrons. The van der Waals surface area contributed by atoms with Crippen molar-refractivity contribution in [2.75, 3.05) is 6.61 Å². The van der Waals surface area contributed by atoms with Gasteiger partial charge in [0.05, 0.1) is 11.4 Å². The number of esters is 1. The van der Waals surface area contributed by atoms with Crippen LogP contribution in [0.2, 0.25) is 5.02 Å². The van der Waals surface area contributed by atoms with Crippen molar-refractivity contribution in [1.82, 2.24) is 15.1 Å². The summed E-state index contributed by atoms with van der Waals surface area (Å²) in [6.07, 6.45) is 2.15. The van der Waals surface area contributed by atoms with Gasteiger partial charge in [-0.2, -0.15) is 5.10 Å². The number of hydrogen-bond acceptors (Lipinski definition) is 4. The zero-order valence-electron chi connectivity index (χ0n) is 15.7. The largest absolute Gasteiger partial charge is 0.451 e. The quantitative estimate of drug-likeness (QED) is 0.601. The Morgan fingerprint density at radius 1 is 1.10 bits per heavy atom. The maximum Gasteiger partial charge on any atom is 0.357 e. The zero-order valence-corrected chi connectivity index (χ0v) is 16.4. The number of aromatic nitrogens is 2. The van der Waals surface area contributed by atoms with Crippen LogP contribution in [-0.4, -0.2) is 28.3 Å². The lowest BCUT2D eigenvalue weighted by molar-refractivity contribution is -0.124. The summed E-state index contributed by atoms with van der Waals surface area (Å²) in [4.78, 5) is 24.7. The maximum absolute atomic E-state index is 12.6. The summed E-state index contributed by atoms with van der Waals surface area (Å²) < 4.78 is 6.82. The standard InChI is InChI=1S/C22H20ClN3O3/c23-18-9-5-4-6-16(18)13-24-21(27)14-29-22(28)20-12-19(15-10-11-15)25-26(20)17-7-2-1-3-8-17/h1-9,12,15H,10-11,13-14H2,(H,24,27). The summed E-state index contributed by atoms with van der Waals surface area (Å²) >= 11 is 6.08. The highest BCUT2D eigenvalue weighted by molar-refractivity contribution is 6.31. The van der Waals surface area contributed by atoms with Gasteiger partial charge in [-0.3, -0.25) is 4.79 Å². The molecule has 1 aliphatic carbocycles. The van der Waals surface area contributed by atoms with Crippen LogP contribution < -0.4 is 5.32 Å². The number of carbonyl (C=O) groups excluding carboxylic acids is 2. The number of halogens is 1. The minimum atomic E-state index is -0.582. The topological polar surface area (TPSA) is 73.2 Å². The summed E-state index contributed by atoms with van der Waals surface area (Å²) in [6, 6.07) is 18.4. The van der Waals surface area contributed by atoms with Crippen LogP contribution in [0.3, 0.4) is 0 Å². The molecule has 6 nitrogen and oxygen atoms in total. The molecule has 1 N–H and O–H groups in total. The van der Waals surface area contributed by atoms with Crippen LogP contribution in [0, 0.1) is 0 Å². The predicted molar refractivity (Wildman–Crippen MR) is 109 cm³/mol. The fourth-order valence-electron chi connectivity index (χ4n) is 2.98. The van der Waals surface area contributed by atoms with Gasteiger partial charge in [0.25, 0.3) is 5.91 Å². The van der Waals surface area contributed by atoms with Gasteiger partial charge in [-0.15, -0.1) is 0 Å². The summed E-state index contributed by atoms with van der Waals surface area (Å²) in [7, 11) is 0. The molecule has 1 aromatic heterocycles. The lowest BCUT2D eigenvalue weighted by Crippen LogP contribution is -2.28. The number of ether oxygens (including phenoxy) is 1. The third-order valence-corrected chi connectivity index (χ3v) is 5.07. The van der Waals surface area contributed by atoms with E-state index in [1.54, 1.807) is 16.8 Å². The lowest BCUT2D eigenvalue weighted by Gasteiger charge is -2.09. The van der Waals surface area contributed by atoms with E-state index < -0.39 is 11.9 Å². The minimum absolute atomic E-state index is 0.268. The van der Waals surface area contributed by atoms with Crippen LogP contribution in [-0.2, 0) is 16.1 Å². The molecule has 4 rings (SSSR count). The van der Waals surface area contributed by atoms with Crippen LogP contribution in [0.4, 0.5) is 0 Å². The molecule has 1 aliphatic rings. The highest BCUT2D eigenvalue weighted by atomic mass is 35.5. The summed E-state index contributed by atoms with van der Waals surface area (Å²) in [6.45, 7) is -0.105. The highest BCUT2D eigenvalue weighted by Crippen LogP contribution is 2.39. The van der Waals surface area contributed by atoms with Crippen LogP contribution in [0.1, 0.15) is 40.5 Å². The second-order valence-electron chi connectivity index (χ2n) is 6.92. The Kier molecular flexibility index (Phi) is 5.62. The molecule has 1 fully saturated rings. The molecule has 7 heteroatoms. The first-order chi connectivity index (χ1) is 14.1. The van der Waals surface area contributed by atoms with Gasteiger partial charge < -0.3 is 10.1 Å². The first-order valence-electron chi connectivity index (χ1n) is 9.44. The van der Waals surface area contributed by atoms with Crippen molar-refractivity contribution < 1.29 is 14.3 Å². The van der Waals surface area contributed by atoms with Gasteiger partial charge in [0.2, 0.25) is 0 Å². The average Bonchev–Trinajstić information content (AvgIpc) is 3.50. The molecule has 2 aromatic carbocycles. The molecule has 3 aromatic rings. The van der Waals surface area contributed by atoms with Crippen molar-refractivity contribution in [1.29, 1.82) is 0 Å². The van der Waals surface area contributed by atoms with Crippen LogP contribution in [0.15, 0.2) is 60.7 Å². The Morgan fingerprint density at radius 3 is 2.55 bits per heavy atom. The molecule has 1 amide bonds. The maximum atomic E-state index is 12.6. The highest BCUT2D eigenvalue weighted by Gasteiger charge is 2.29. The monoisotopic (exact) mass is 409 g/mol. The number of nitrogens with one attached hydrogen (secondary N) is 1. The molecule has 0 unspecified atom stereocenters. The van der Waals surface area contributed by atoms with Gasteiger partial charge in [-0.05, 0) is 42.7 Å². The second kappa shape index (κ2) is 8.49. The van der Waals surface area contributed by atoms with Gasteiger partial charge >= 0.3 is 5.97 Å². The summed E-state index contributed by atoms with van der Waals surface area (Å²) in [5.41, 5.74) is 2.76. The van der Waals surface area contributed by atoms with Crippen LogP contribution in [0.5, 0.6) is 0 Å². The van der Waals surface area contributed by atoms with Crippen molar-refractivity contribution in [3.8, 4) is 5.69 Å². The molecule has 148 valence electrons. The smallest absolute Gasteiger partial charge is 0.357 e. The van der Waals surface area contributed by atoms with E-state index >= 15 is 0 Å². The third-order valence-electron chi connectivity index (χ3n) is 4.70. The van der Waals surface area contributed by atoms with Crippen LogP contribution in [0.25, 0.3) is 5.69 Å². The molecule has 1 saturated carbocycles. The molecular weight excluding hydrogens is 390 g/mol. The lowest BCUT2D eigenvalue weighted by atomic mass is 10.2. The number of amides is 1. The van der Waals surface area contributed by atoms with Crippen molar-refractivity contribution in [2.45, 2.75) is 25.3 Å². The first kappa shape index (κ1) is 19.2. The number of carbonyl (C=O) groups is 2. The Labute approximate surface area is 173 Å². The Bertz CT molecular complexity index is 1030. The SMILES string of the molecule is O=C(COC(=O)c1cc(C2CC2)nn1-c1ccccc1)NCc1ccccc1Cl. The Balaban J connectivity index is 1.40. The van der Waals surface area contributed by atoms with Crippen molar-refractivity contribution in [3.63, 3.8) is 0 Å². The molecule has 0 saturated heterocycles. The van der Waals surface area contributed by atoms with Gasteiger partial charge in [-0.1, -0.05) is 48.0 Å². The average molecular weight is 410 g/mol. The van der Waals surface area contributed by atoms with Crippen molar-refractivity contribution in [2.24, 2.45) is 0 Å². The molecular formula is C22H20ClN3O3. The minimum Gasteiger partial charge on any atom is -0.451 e. The van der Waals surface area contributed by atoms with E-state index in [1.165, 1.54) is 0 Å². The van der Waals surface area contributed by atoms with E-state index in [0.717, 1.165) is 29.8 Å². The van der Waals surface area contributed by atoms with E-state index in [0.29, 0.717) is 16.6 Å². The van der Waals surface area contributed by atoms with Gasteiger partial charge in [0.1, 0.15) is 0 Å². The van der Waals surface area contributed by atoms with E-state index in [9.17, 15) is 9.59 Å². The molecule has 0 aliphatic heterocycles. The first-order valence-corrected chi connectivity index (χ1v) is 9.82. The number of benzene rings is 2. The fourth-order valence-corrected chi connectivity index (χ4v) is 3.18. The van der Waals surface area contributed by atoms with E-state index in [2.05, 4.69) is 10.4 Å². The number of rotatable bonds is 7. The molecule has 0 spiro atoms. The van der Waals surface area contributed by atoms with Gasteiger partial charge in [0, 0.05) is 17.5 Å². The summed E-state index contributed by atoms with van der Waals surface area (Å²) in [5, 5.41) is 7.85. The molecule has 1 heterocycles. The van der Waals surface area contributed by atoms with E-state index in [-0.39, 0.29) is 13.2 Å². The second-order valence-corrected chi connectivity index (χ2v) is 7.33. The zero-order chi connectivity index (χ0) is 20.2. The van der Waals surface area contributed by atoms with E-state index in [1.807, 2.05) is 48.5 Å². The normalized spacial score (nSPS) is 13.1. The van der Waals surface area contributed by atoms with Crippen molar-refractivity contribution >= 4 is 23.5 Å². The molecule has 0 atom stereocenters.